The highest BCUT2D eigenvalue weighted by Crippen LogP contribution is 2.43. The predicted octanol–water partition coefficient (Wildman–Crippen LogP) is 5.70. The lowest BCUT2D eigenvalue weighted by Gasteiger charge is -2.42. The van der Waals surface area contributed by atoms with Crippen LogP contribution in [0.4, 0.5) is 0 Å². The number of carbonyl (C=O) groups is 1. The van der Waals surface area contributed by atoms with E-state index in [1.165, 1.54) is 0 Å². The van der Waals surface area contributed by atoms with Crippen LogP contribution in [-0.2, 0) is 0 Å². The summed E-state index contributed by atoms with van der Waals surface area (Å²) in [6.07, 6.45) is 0. The van der Waals surface area contributed by atoms with Gasteiger partial charge in [-0.2, -0.15) is 0 Å². The third kappa shape index (κ3) is 3.69. The van der Waals surface area contributed by atoms with E-state index in [2.05, 4.69) is 57.5 Å². The minimum atomic E-state index is -2.05. The summed E-state index contributed by atoms with van der Waals surface area (Å²) in [6.45, 7) is 13.3. The molecule has 0 radical (unpaired) electrons. The first kappa shape index (κ1) is 18.2. The Hall–Kier alpha value is -0.813. The molecule has 0 bridgehead atoms. The average molecular weight is 373 g/mol. The summed E-state index contributed by atoms with van der Waals surface area (Å²) in [5.41, 5.74) is 1.60. The molecule has 0 saturated heterocycles. The molecule has 118 valence electrons. The van der Waals surface area contributed by atoms with Crippen molar-refractivity contribution < 1.29 is 14.3 Å². The number of aromatic carboxylic acids is 1. The number of benzene rings is 1. The fourth-order valence-electron chi connectivity index (χ4n) is 3.29. The van der Waals surface area contributed by atoms with Crippen molar-refractivity contribution >= 4 is 30.2 Å². The molecule has 1 aromatic carbocycles. The first-order valence-electron chi connectivity index (χ1n) is 7.34. The maximum Gasteiger partial charge on any atom is 0.336 e. The Balaban J connectivity index is 3.27. The van der Waals surface area contributed by atoms with Gasteiger partial charge in [0.1, 0.15) is 5.75 Å². The lowest BCUT2D eigenvalue weighted by atomic mass is 10.2. The predicted molar refractivity (Wildman–Crippen MR) is 92.8 cm³/mol. The second kappa shape index (κ2) is 6.96. The van der Waals surface area contributed by atoms with Crippen molar-refractivity contribution in [2.75, 3.05) is 0 Å². The monoisotopic (exact) mass is 372 g/mol. The van der Waals surface area contributed by atoms with Gasteiger partial charge >= 0.3 is 5.97 Å². The highest BCUT2D eigenvalue weighted by atomic mass is 79.9. The summed E-state index contributed by atoms with van der Waals surface area (Å²) in [6, 6.07) is 5.23. The third-order valence-corrected chi connectivity index (χ3v) is 10.9. The molecule has 1 aromatic rings. The first-order chi connectivity index (χ1) is 9.62. The number of carboxylic acid groups (broad SMARTS) is 1. The molecule has 1 rings (SSSR count). The summed E-state index contributed by atoms with van der Waals surface area (Å²) in [7, 11) is -2.05. The lowest BCUT2D eigenvalue weighted by molar-refractivity contribution is 0.0695. The zero-order valence-corrected chi connectivity index (χ0v) is 16.2. The van der Waals surface area contributed by atoms with Crippen LogP contribution in [0.15, 0.2) is 22.7 Å². The van der Waals surface area contributed by atoms with E-state index >= 15 is 0 Å². The molecule has 1 N–H and O–H groups in total. The molecular weight excluding hydrogens is 348 g/mol. The average Bonchev–Trinajstić information content (AvgIpc) is 2.35. The molecule has 21 heavy (non-hydrogen) atoms. The largest absolute Gasteiger partial charge is 0.543 e. The molecule has 0 aromatic heterocycles. The number of rotatable bonds is 6. The summed E-state index contributed by atoms with van der Waals surface area (Å²) in [4.78, 5) is 11.3. The Bertz CT molecular complexity index is 490. The maximum absolute atomic E-state index is 11.3. The second-order valence-corrected chi connectivity index (χ2v) is 12.6. The van der Waals surface area contributed by atoms with Crippen molar-refractivity contribution in [1.29, 1.82) is 0 Å². The summed E-state index contributed by atoms with van der Waals surface area (Å²) >= 11 is 3.27. The van der Waals surface area contributed by atoms with E-state index in [1.807, 2.05) is 6.07 Å². The van der Waals surface area contributed by atoms with Gasteiger partial charge in [-0.3, -0.25) is 0 Å². The van der Waals surface area contributed by atoms with Crippen molar-refractivity contribution in [3.05, 3.63) is 28.2 Å². The van der Waals surface area contributed by atoms with E-state index in [0.717, 1.165) is 0 Å². The van der Waals surface area contributed by atoms with Crippen molar-refractivity contribution in [2.24, 2.45) is 0 Å². The molecule has 0 fully saturated rings. The maximum atomic E-state index is 11.3. The molecule has 0 aliphatic carbocycles. The Morgan fingerprint density at radius 2 is 1.57 bits per heavy atom. The van der Waals surface area contributed by atoms with Crippen LogP contribution in [-0.4, -0.2) is 19.4 Å². The molecule has 0 heterocycles. The van der Waals surface area contributed by atoms with Gasteiger partial charge in [0, 0.05) is 4.47 Å². The van der Waals surface area contributed by atoms with Crippen LogP contribution in [0, 0.1) is 0 Å². The smallest absolute Gasteiger partial charge is 0.336 e. The summed E-state index contributed by atoms with van der Waals surface area (Å²) < 4.78 is 7.06. The Kier molecular flexibility index (Phi) is 6.05. The van der Waals surface area contributed by atoms with E-state index < -0.39 is 14.3 Å². The SMILES string of the molecule is CC(C)[Si](Oc1ccc(Br)c(C(=O)O)c1)(C(C)C)C(C)C. The van der Waals surface area contributed by atoms with Crippen molar-refractivity contribution in [3.63, 3.8) is 0 Å². The van der Waals surface area contributed by atoms with E-state index in [1.54, 1.807) is 12.1 Å². The van der Waals surface area contributed by atoms with Gasteiger partial charge in [0.15, 0.2) is 0 Å². The van der Waals surface area contributed by atoms with Crippen molar-refractivity contribution in [1.82, 2.24) is 0 Å². The third-order valence-electron chi connectivity index (χ3n) is 4.17. The molecule has 0 aliphatic heterocycles. The zero-order chi connectivity index (χ0) is 16.4. The van der Waals surface area contributed by atoms with Crippen LogP contribution < -0.4 is 4.43 Å². The van der Waals surface area contributed by atoms with E-state index in [9.17, 15) is 9.90 Å². The molecule has 3 nitrogen and oxygen atoms in total. The molecule has 0 spiro atoms. The number of carboxylic acids is 1. The zero-order valence-electron chi connectivity index (χ0n) is 13.6. The second-order valence-electron chi connectivity index (χ2n) is 6.37. The molecule has 0 atom stereocenters. The molecular formula is C16H25BrO3Si. The molecule has 0 amide bonds. The molecule has 5 heteroatoms. The molecule has 0 unspecified atom stereocenters. The van der Waals surface area contributed by atoms with Crippen LogP contribution in [0.2, 0.25) is 16.6 Å². The first-order valence-corrected chi connectivity index (χ1v) is 10.3. The number of hydrogen-bond acceptors (Lipinski definition) is 2. The van der Waals surface area contributed by atoms with Gasteiger partial charge < -0.3 is 9.53 Å². The van der Waals surface area contributed by atoms with Crippen molar-refractivity contribution in [3.8, 4) is 5.75 Å². The summed E-state index contributed by atoms with van der Waals surface area (Å²) in [5, 5.41) is 9.24. The van der Waals surface area contributed by atoms with E-state index in [0.29, 0.717) is 26.8 Å². The van der Waals surface area contributed by atoms with Gasteiger partial charge in [0.05, 0.1) is 5.56 Å². The van der Waals surface area contributed by atoms with Gasteiger partial charge in [0.25, 0.3) is 8.32 Å². The molecule has 0 saturated carbocycles. The normalized spacial score (nSPS) is 12.3. The van der Waals surface area contributed by atoms with Crippen LogP contribution in [0.1, 0.15) is 51.9 Å². The van der Waals surface area contributed by atoms with Crippen LogP contribution in [0.25, 0.3) is 0 Å². The van der Waals surface area contributed by atoms with Gasteiger partial charge in [0.2, 0.25) is 0 Å². The van der Waals surface area contributed by atoms with Crippen LogP contribution in [0.3, 0.4) is 0 Å². The van der Waals surface area contributed by atoms with Crippen molar-refractivity contribution in [2.45, 2.75) is 58.2 Å². The van der Waals surface area contributed by atoms with Gasteiger partial charge in [-0.05, 0) is 50.8 Å². The van der Waals surface area contributed by atoms with Crippen LogP contribution in [0.5, 0.6) is 5.75 Å². The van der Waals surface area contributed by atoms with Gasteiger partial charge in [-0.25, -0.2) is 4.79 Å². The minimum Gasteiger partial charge on any atom is -0.543 e. The highest BCUT2D eigenvalue weighted by molar-refractivity contribution is 9.10. The van der Waals surface area contributed by atoms with Gasteiger partial charge in [-0.1, -0.05) is 41.5 Å². The Morgan fingerprint density at radius 3 is 1.95 bits per heavy atom. The Labute approximate surface area is 137 Å². The fourth-order valence-corrected chi connectivity index (χ4v) is 8.95. The van der Waals surface area contributed by atoms with Gasteiger partial charge in [-0.15, -0.1) is 0 Å². The van der Waals surface area contributed by atoms with Crippen LogP contribution >= 0.6 is 15.9 Å². The fraction of sp³-hybridized carbons (Fsp3) is 0.562. The quantitative estimate of drug-likeness (QED) is 0.651. The standard InChI is InChI=1S/C16H25BrO3Si/c1-10(2)21(11(3)4,12(5)6)20-13-7-8-15(17)14(9-13)16(18)19/h7-12H,1-6H3,(H,18,19). The number of halogens is 1. The summed E-state index contributed by atoms with van der Waals surface area (Å²) in [5.74, 6) is -0.281. The highest BCUT2D eigenvalue weighted by Gasteiger charge is 2.47. The molecule has 0 aliphatic rings. The minimum absolute atomic E-state index is 0.242. The van der Waals surface area contributed by atoms with E-state index in [-0.39, 0.29) is 5.56 Å². The number of hydrogen-bond donors (Lipinski definition) is 1. The lowest BCUT2D eigenvalue weighted by Crippen LogP contribution is -2.50. The van der Waals surface area contributed by atoms with E-state index in [4.69, 9.17) is 4.43 Å². The Morgan fingerprint density at radius 1 is 1.10 bits per heavy atom. The topological polar surface area (TPSA) is 46.5 Å².